The molecule has 0 spiro atoms. The van der Waals surface area contributed by atoms with Crippen LogP contribution in [0.1, 0.15) is 5.56 Å². The number of rotatable bonds is 1. The number of aromatic nitrogens is 2. The molecule has 13 heavy (non-hydrogen) atoms. The number of nitrogens with zero attached hydrogens (tertiary/aromatic N) is 2. The van der Waals surface area contributed by atoms with Crippen LogP contribution < -0.4 is 4.74 Å². The third-order valence-corrected chi connectivity index (χ3v) is 1.94. The minimum atomic E-state index is 0.209. The van der Waals surface area contributed by atoms with Gasteiger partial charge in [-0.3, -0.25) is 0 Å². The zero-order valence-corrected chi connectivity index (χ0v) is 7.48. The lowest BCUT2D eigenvalue weighted by molar-refractivity contribution is 0.159. The summed E-state index contributed by atoms with van der Waals surface area (Å²) in [5.41, 5.74) is 2.50. The number of imidazole rings is 1. The standard InChI is InChI=1S/C9H10N2O2/c1-6-3-4-8-7(5-6)10-9(13-2)11(8)12/h3-5,12H,1-2H3. The quantitative estimate of drug-likeness (QED) is 0.674. The SMILES string of the molecule is COc1nc2cc(C)ccc2n1O. The first kappa shape index (κ1) is 7.91. The fourth-order valence-electron chi connectivity index (χ4n) is 1.29. The van der Waals surface area contributed by atoms with Gasteiger partial charge in [-0.2, -0.15) is 4.98 Å². The van der Waals surface area contributed by atoms with Crippen LogP contribution in [0.25, 0.3) is 11.0 Å². The first-order valence-corrected chi connectivity index (χ1v) is 3.94. The summed E-state index contributed by atoms with van der Waals surface area (Å²) in [4.78, 5) is 4.08. The molecule has 0 fully saturated rings. The number of methoxy groups -OCH3 is 1. The van der Waals surface area contributed by atoms with Crippen molar-refractivity contribution in [2.24, 2.45) is 0 Å². The van der Waals surface area contributed by atoms with Gasteiger partial charge in [0.25, 0.3) is 0 Å². The summed E-state index contributed by atoms with van der Waals surface area (Å²) in [6, 6.07) is 5.82. The molecule has 4 heteroatoms. The van der Waals surface area contributed by atoms with Gasteiger partial charge in [0.1, 0.15) is 5.52 Å². The number of aryl methyl sites for hydroxylation is 1. The molecule has 0 aliphatic heterocycles. The summed E-state index contributed by atoms with van der Waals surface area (Å²) in [5, 5.41) is 9.51. The maximum atomic E-state index is 9.51. The molecule has 0 aliphatic rings. The van der Waals surface area contributed by atoms with Gasteiger partial charge in [-0.05, 0) is 24.6 Å². The molecule has 2 rings (SSSR count). The van der Waals surface area contributed by atoms with Gasteiger partial charge in [0.15, 0.2) is 0 Å². The molecule has 0 saturated carbocycles. The predicted octanol–water partition coefficient (Wildman–Crippen LogP) is 1.59. The molecular weight excluding hydrogens is 168 g/mol. The zero-order valence-electron chi connectivity index (χ0n) is 7.48. The molecule has 0 amide bonds. The summed E-state index contributed by atoms with van der Waals surface area (Å²) in [6.45, 7) is 1.97. The van der Waals surface area contributed by atoms with Crippen LogP contribution in [0, 0.1) is 6.92 Å². The van der Waals surface area contributed by atoms with E-state index in [0.29, 0.717) is 5.52 Å². The fourth-order valence-corrected chi connectivity index (χ4v) is 1.29. The molecule has 1 heterocycles. The highest BCUT2D eigenvalue weighted by atomic mass is 16.6. The second kappa shape index (κ2) is 2.65. The highest BCUT2D eigenvalue weighted by Crippen LogP contribution is 2.19. The number of fused-ring (bicyclic) bond motifs is 1. The molecule has 0 radical (unpaired) electrons. The average Bonchev–Trinajstić information content (AvgIpc) is 2.42. The number of benzene rings is 1. The predicted molar refractivity (Wildman–Crippen MR) is 48.2 cm³/mol. The summed E-state index contributed by atoms with van der Waals surface area (Å²) < 4.78 is 5.81. The van der Waals surface area contributed by atoms with E-state index in [9.17, 15) is 5.21 Å². The van der Waals surface area contributed by atoms with Crippen molar-refractivity contribution in [2.45, 2.75) is 6.92 Å². The van der Waals surface area contributed by atoms with Crippen LogP contribution in [0.15, 0.2) is 18.2 Å². The Balaban J connectivity index is 2.76. The summed E-state index contributed by atoms with van der Waals surface area (Å²) in [5.74, 6) is 0. The first-order valence-electron chi connectivity index (χ1n) is 3.94. The topological polar surface area (TPSA) is 47.3 Å². The van der Waals surface area contributed by atoms with E-state index in [2.05, 4.69) is 4.98 Å². The molecule has 0 atom stereocenters. The van der Waals surface area contributed by atoms with Gasteiger partial charge in [0, 0.05) is 0 Å². The van der Waals surface area contributed by atoms with E-state index < -0.39 is 0 Å². The lowest BCUT2D eigenvalue weighted by atomic mass is 10.2. The van der Waals surface area contributed by atoms with E-state index in [-0.39, 0.29) is 6.01 Å². The molecule has 0 bridgehead atoms. The summed E-state index contributed by atoms with van der Waals surface area (Å²) >= 11 is 0. The van der Waals surface area contributed by atoms with Crippen molar-refractivity contribution in [3.8, 4) is 6.01 Å². The second-order valence-corrected chi connectivity index (χ2v) is 2.90. The van der Waals surface area contributed by atoms with Crippen LogP contribution in [0.2, 0.25) is 0 Å². The maximum absolute atomic E-state index is 9.51. The van der Waals surface area contributed by atoms with E-state index in [1.807, 2.05) is 19.1 Å². The van der Waals surface area contributed by atoms with E-state index >= 15 is 0 Å². The molecular formula is C9H10N2O2. The Kier molecular flexibility index (Phi) is 1.62. The smallest absolute Gasteiger partial charge is 0.331 e. The second-order valence-electron chi connectivity index (χ2n) is 2.90. The van der Waals surface area contributed by atoms with Crippen molar-refractivity contribution in [3.05, 3.63) is 23.8 Å². The minimum Gasteiger partial charge on any atom is -0.466 e. The summed E-state index contributed by atoms with van der Waals surface area (Å²) in [6.07, 6.45) is 0. The minimum absolute atomic E-state index is 0.209. The van der Waals surface area contributed by atoms with Gasteiger partial charge >= 0.3 is 6.01 Å². The Morgan fingerprint density at radius 2 is 2.23 bits per heavy atom. The van der Waals surface area contributed by atoms with Crippen LogP contribution >= 0.6 is 0 Å². The van der Waals surface area contributed by atoms with E-state index in [1.54, 1.807) is 6.07 Å². The van der Waals surface area contributed by atoms with Gasteiger partial charge in [-0.1, -0.05) is 6.07 Å². The van der Waals surface area contributed by atoms with Gasteiger partial charge in [-0.15, -0.1) is 4.73 Å². The fraction of sp³-hybridized carbons (Fsp3) is 0.222. The molecule has 2 aromatic rings. The van der Waals surface area contributed by atoms with Crippen molar-refractivity contribution < 1.29 is 9.94 Å². The van der Waals surface area contributed by atoms with Gasteiger partial charge in [0.05, 0.1) is 12.6 Å². The molecule has 0 aliphatic carbocycles. The number of hydrogen-bond donors (Lipinski definition) is 1. The van der Waals surface area contributed by atoms with E-state index in [0.717, 1.165) is 15.8 Å². The van der Waals surface area contributed by atoms with Crippen molar-refractivity contribution in [2.75, 3.05) is 7.11 Å². The van der Waals surface area contributed by atoms with Crippen LogP contribution in [0.3, 0.4) is 0 Å². The van der Waals surface area contributed by atoms with Crippen LogP contribution in [-0.4, -0.2) is 22.0 Å². The van der Waals surface area contributed by atoms with E-state index in [4.69, 9.17) is 4.74 Å². The Hall–Kier alpha value is -1.71. The van der Waals surface area contributed by atoms with Crippen molar-refractivity contribution in [1.82, 2.24) is 9.71 Å². The zero-order chi connectivity index (χ0) is 9.42. The third kappa shape index (κ3) is 1.11. The normalized spacial score (nSPS) is 10.6. The molecule has 1 N–H and O–H groups in total. The average molecular weight is 178 g/mol. The molecule has 1 aromatic carbocycles. The molecule has 0 unspecified atom stereocenters. The van der Waals surface area contributed by atoms with Gasteiger partial charge < -0.3 is 9.94 Å². The Labute approximate surface area is 75.3 Å². The maximum Gasteiger partial charge on any atom is 0.331 e. The van der Waals surface area contributed by atoms with Crippen molar-refractivity contribution >= 4 is 11.0 Å². The lowest BCUT2D eigenvalue weighted by Gasteiger charge is -1.96. The highest BCUT2D eigenvalue weighted by molar-refractivity contribution is 5.77. The largest absolute Gasteiger partial charge is 0.466 e. The molecule has 0 saturated heterocycles. The number of hydrogen-bond acceptors (Lipinski definition) is 3. The van der Waals surface area contributed by atoms with Crippen molar-refractivity contribution in [3.63, 3.8) is 0 Å². The number of ether oxygens (including phenoxy) is 1. The monoisotopic (exact) mass is 178 g/mol. The summed E-state index contributed by atoms with van der Waals surface area (Å²) in [7, 11) is 1.47. The van der Waals surface area contributed by atoms with Crippen LogP contribution in [0.4, 0.5) is 0 Å². The highest BCUT2D eigenvalue weighted by Gasteiger charge is 2.08. The van der Waals surface area contributed by atoms with Crippen LogP contribution in [0.5, 0.6) is 6.01 Å². The third-order valence-electron chi connectivity index (χ3n) is 1.94. The molecule has 4 nitrogen and oxygen atoms in total. The van der Waals surface area contributed by atoms with Gasteiger partial charge in [-0.25, -0.2) is 0 Å². The molecule has 1 aromatic heterocycles. The Morgan fingerprint density at radius 3 is 2.92 bits per heavy atom. The Morgan fingerprint density at radius 1 is 1.46 bits per heavy atom. The first-order chi connectivity index (χ1) is 6.22. The van der Waals surface area contributed by atoms with E-state index in [1.165, 1.54) is 7.11 Å². The van der Waals surface area contributed by atoms with Crippen molar-refractivity contribution in [1.29, 1.82) is 0 Å². The Bertz CT molecular complexity index is 448. The molecule has 68 valence electrons. The van der Waals surface area contributed by atoms with Crippen LogP contribution in [-0.2, 0) is 0 Å². The lowest BCUT2D eigenvalue weighted by Crippen LogP contribution is -1.94. The van der Waals surface area contributed by atoms with Gasteiger partial charge in [0.2, 0.25) is 0 Å².